The van der Waals surface area contributed by atoms with Crippen LogP contribution in [0.25, 0.3) is 11.0 Å². The average Bonchev–Trinajstić information content (AvgIpc) is 2.70. The quantitative estimate of drug-likeness (QED) is 0.737. The summed E-state index contributed by atoms with van der Waals surface area (Å²) in [6, 6.07) is 5.83. The van der Waals surface area contributed by atoms with Crippen molar-refractivity contribution in [1.29, 1.82) is 0 Å². The van der Waals surface area contributed by atoms with Crippen molar-refractivity contribution < 1.29 is 9.53 Å². The lowest BCUT2D eigenvalue weighted by Gasteiger charge is -2.04. The van der Waals surface area contributed by atoms with Gasteiger partial charge in [-0.3, -0.25) is 9.78 Å². The number of rotatable bonds is 4. The van der Waals surface area contributed by atoms with Crippen LogP contribution in [0.1, 0.15) is 13.3 Å². The number of nitrogens with zero attached hydrogens (tertiary/aromatic N) is 2. The summed E-state index contributed by atoms with van der Waals surface area (Å²) < 4.78 is 6.90. The highest BCUT2D eigenvalue weighted by molar-refractivity contribution is 5.75. The van der Waals surface area contributed by atoms with Gasteiger partial charge >= 0.3 is 5.97 Å². The van der Waals surface area contributed by atoms with Crippen molar-refractivity contribution in [2.24, 2.45) is 0 Å². The monoisotopic (exact) mass is 218 g/mol. The number of hydrogen-bond acceptors (Lipinski definition) is 3. The van der Waals surface area contributed by atoms with Gasteiger partial charge in [-0.05, 0) is 25.1 Å². The first-order chi connectivity index (χ1) is 7.81. The molecule has 2 heterocycles. The van der Waals surface area contributed by atoms with Crippen molar-refractivity contribution in [3.05, 3.63) is 30.6 Å². The van der Waals surface area contributed by atoms with Gasteiger partial charge in [-0.1, -0.05) is 0 Å². The van der Waals surface area contributed by atoms with Gasteiger partial charge < -0.3 is 9.30 Å². The van der Waals surface area contributed by atoms with Gasteiger partial charge in [0.25, 0.3) is 0 Å². The van der Waals surface area contributed by atoms with Crippen LogP contribution in [0, 0.1) is 0 Å². The van der Waals surface area contributed by atoms with Gasteiger partial charge in [0.15, 0.2) is 0 Å². The molecule has 16 heavy (non-hydrogen) atoms. The fourth-order valence-corrected chi connectivity index (χ4v) is 1.66. The minimum atomic E-state index is -0.159. The summed E-state index contributed by atoms with van der Waals surface area (Å²) in [4.78, 5) is 15.5. The first kappa shape index (κ1) is 10.7. The molecule has 0 N–H and O–H groups in total. The smallest absolute Gasteiger partial charge is 0.307 e. The topological polar surface area (TPSA) is 44.1 Å². The van der Waals surface area contributed by atoms with Crippen LogP contribution in [0.2, 0.25) is 0 Å². The summed E-state index contributed by atoms with van der Waals surface area (Å²) in [5.74, 6) is -0.159. The molecule has 0 aliphatic carbocycles. The Balaban J connectivity index is 2.07. The maximum absolute atomic E-state index is 11.2. The van der Waals surface area contributed by atoms with Crippen LogP contribution in [0.5, 0.6) is 0 Å². The number of fused-ring (bicyclic) bond motifs is 1. The van der Waals surface area contributed by atoms with E-state index in [1.54, 1.807) is 6.20 Å². The van der Waals surface area contributed by atoms with Crippen molar-refractivity contribution in [2.45, 2.75) is 19.9 Å². The number of aromatic nitrogens is 2. The molecule has 0 aliphatic rings. The molecule has 0 amide bonds. The van der Waals surface area contributed by atoms with E-state index < -0.39 is 0 Å². The third kappa shape index (κ3) is 2.21. The van der Waals surface area contributed by atoms with E-state index in [0.29, 0.717) is 19.6 Å². The molecule has 0 bridgehead atoms. The second-order valence-corrected chi connectivity index (χ2v) is 3.47. The minimum Gasteiger partial charge on any atom is -0.466 e. The first-order valence-corrected chi connectivity index (χ1v) is 5.36. The summed E-state index contributed by atoms with van der Waals surface area (Å²) in [7, 11) is 0. The van der Waals surface area contributed by atoms with E-state index in [1.165, 1.54) is 0 Å². The summed E-state index contributed by atoms with van der Waals surface area (Å²) in [5, 5.41) is 0. The van der Waals surface area contributed by atoms with Crippen LogP contribution in [0.3, 0.4) is 0 Å². The predicted octanol–water partition coefficient (Wildman–Crippen LogP) is 1.99. The molecule has 0 radical (unpaired) electrons. The SMILES string of the molecule is CCOC(=O)CCn1ccc2ncccc21. The Morgan fingerprint density at radius 1 is 1.50 bits per heavy atom. The second-order valence-electron chi connectivity index (χ2n) is 3.47. The van der Waals surface area contributed by atoms with Crippen molar-refractivity contribution in [2.75, 3.05) is 6.61 Å². The molecular weight excluding hydrogens is 204 g/mol. The second kappa shape index (κ2) is 4.79. The van der Waals surface area contributed by atoms with Gasteiger partial charge in [-0.25, -0.2) is 0 Å². The Morgan fingerprint density at radius 3 is 3.19 bits per heavy atom. The molecule has 0 aliphatic heterocycles. The highest BCUT2D eigenvalue weighted by Gasteiger charge is 2.04. The van der Waals surface area contributed by atoms with Gasteiger partial charge in [0, 0.05) is 18.9 Å². The molecule has 0 unspecified atom stereocenters. The molecule has 2 aromatic heterocycles. The maximum atomic E-state index is 11.2. The Morgan fingerprint density at radius 2 is 2.38 bits per heavy atom. The summed E-state index contributed by atoms with van der Waals surface area (Å²) in [5.41, 5.74) is 2.00. The fourth-order valence-electron chi connectivity index (χ4n) is 1.66. The normalized spacial score (nSPS) is 10.6. The van der Waals surface area contributed by atoms with Crippen molar-refractivity contribution in [1.82, 2.24) is 9.55 Å². The summed E-state index contributed by atoms with van der Waals surface area (Å²) in [6.07, 6.45) is 4.10. The number of pyridine rings is 1. The maximum Gasteiger partial charge on any atom is 0.307 e. The summed E-state index contributed by atoms with van der Waals surface area (Å²) in [6.45, 7) is 2.88. The van der Waals surface area contributed by atoms with Gasteiger partial charge in [0.2, 0.25) is 0 Å². The molecule has 0 aromatic carbocycles. The Hall–Kier alpha value is -1.84. The van der Waals surface area contributed by atoms with Gasteiger partial charge in [-0.15, -0.1) is 0 Å². The van der Waals surface area contributed by atoms with E-state index in [2.05, 4.69) is 4.98 Å². The third-order valence-corrected chi connectivity index (χ3v) is 2.40. The van der Waals surface area contributed by atoms with Crippen LogP contribution in [0.4, 0.5) is 0 Å². The van der Waals surface area contributed by atoms with E-state index in [4.69, 9.17) is 4.74 Å². The van der Waals surface area contributed by atoms with Gasteiger partial charge in [0.05, 0.1) is 24.1 Å². The first-order valence-electron chi connectivity index (χ1n) is 5.36. The molecule has 0 saturated carbocycles. The third-order valence-electron chi connectivity index (χ3n) is 2.40. The zero-order valence-corrected chi connectivity index (χ0v) is 9.22. The molecule has 0 spiro atoms. The molecular formula is C12H14N2O2. The van der Waals surface area contributed by atoms with Crippen molar-refractivity contribution in [3.63, 3.8) is 0 Å². The molecule has 0 fully saturated rings. The predicted molar refractivity (Wildman–Crippen MR) is 61.0 cm³/mol. The molecule has 0 saturated heterocycles. The molecule has 2 rings (SSSR count). The average molecular weight is 218 g/mol. The van der Waals surface area contributed by atoms with Crippen LogP contribution in [-0.4, -0.2) is 22.1 Å². The van der Waals surface area contributed by atoms with Gasteiger partial charge in [-0.2, -0.15) is 0 Å². The Kier molecular flexibility index (Phi) is 3.19. The molecule has 84 valence electrons. The fraction of sp³-hybridized carbons (Fsp3) is 0.333. The van der Waals surface area contributed by atoms with E-state index in [-0.39, 0.29) is 5.97 Å². The zero-order valence-electron chi connectivity index (χ0n) is 9.22. The zero-order chi connectivity index (χ0) is 11.4. The minimum absolute atomic E-state index is 0.159. The highest BCUT2D eigenvalue weighted by atomic mass is 16.5. The van der Waals surface area contributed by atoms with E-state index in [9.17, 15) is 4.79 Å². The number of ether oxygens (including phenoxy) is 1. The molecule has 0 atom stereocenters. The van der Waals surface area contributed by atoms with Crippen LogP contribution >= 0.6 is 0 Å². The Labute approximate surface area is 93.9 Å². The molecule has 4 heteroatoms. The number of hydrogen-bond donors (Lipinski definition) is 0. The lowest BCUT2D eigenvalue weighted by molar-refractivity contribution is -0.143. The molecule has 4 nitrogen and oxygen atoms in total. The molecule has 2 aromatic rings. The standard InChI is InChI=1S/C12H14N2O2/c1-2-16-12(15)6-9-14-8-5-10-11(14)4-3-7-13-10/h3-5,7-8H,2,6,9H2,1H3. The van der Waals surface area contributed by atoms with E-state index >= 15 is 0 Å². The Bertz CT molecular complexity index is 490. The number of carbonyl (C=O) groups is 1. The van der Waals surface area contributed by atoms with E-state index in [1.807, 2.05) is 35.9 Å². The van der Waals surface area contributed by atoms with E-state index in [0.717, 1.165) is 11.0 Å². The lowest BCUT2D eigenvalue weighted by atomic mass is 10.4. The summed E-state index contributed by atoms with van der Waals surface area (Å²) >= 11 is 0. The van der Waals surface area contributed by atoms with Crippen LogP contribution in [0.15, 0.2) is 30.6 Å². The number of esters is 1. The van der Waals surface area contributed by atoms with Crippen LogP contribution in [-0.2, 0) is 16.1 Å². The number of carbonyl (C=O) groups excluding carboxylic acids is 1. The number of aryl methyl sites for hydroxylation is 1. The lowest BCUT2D eigenvalue weighted by Crippen LogP contribution is -2.08. The largest absolute Gasteiger partial charge is 0.466 e. The van der Waals surface area contributed by atoms with Crippen molar-refractivity contribution >= 4 is 17.0 Å². The van der Waals surface area contributed by atoms with Crippen molar-refractivity contribution in [3.8, 4) is 0 Å². The van der Waals surface area contributed by atoms with Crippen LogP contribution < -0.4 is 0 Å². The highest BCUT2D eigenvalue weighted by Crippen LogP contribution is 2.12. The van der Waals surface area contributed by atoms with Gasteiger partial charge in [0.1, 0.15) is 0 Å².